The molecular formula is C26H12Br2O2. The van der Waals surface area contributed by atoms with Gasteiger partial charge in [0.1, 0.15) is 0 Å². The van der Waals surface area contributed by atoms with Crippen molar-refractivity contribution in [1.29, 1.82) is 0 Å². The zero-order valence-electron chi connectivity index (χ0n) is 15.5. The quantitative estimate of drug-likeness (QED) is 0.197. The smallest absolute Gasteiger partial charge is 0.187 e. The molecule has 0 amide bonds. The Morgan fingerprint density at radius 3 is 1.33 bits per heavy atom. The summed E-state index contributed by atoms with van der Waals surface area (Å²) in [6.07, 6.45) is 2.78. The zero-order chi connectivity index (χ0) is 20.6. The monoisotopic (exact) mass is 514 g/mol. The lowest BCUT2D eigenvalue weighted by Gasteiger charge is -2.19. The average Bonchev–Trinajstić information content (AvgIpc) is 2.74. The van der Waals surface area contributed by atoms with Gasteiger partial charge in [-0.3, -0.25) is 9.59 Å². The number of carbonyl (C=O) groups is 2. The van der Waals surface area contributed by atoms with Gasteiger partial charge in [0.05, 0.1) is 0 Å². The molecule has 0 spiro atoms. The first-order valence-electron chi connectivity index (χ1n) is 9.49. The molecule has 142 valence electrons. The molecule has 0 bridgehead atoms. The Kier molecular flexibility index (Phi) is 3.80. The molecule has 6 rings (SSSR count). The molecule has 0 N–H and O–H groups in total. The Labute approximate surface area is 188 Å². The standard InChI is InChI=1S/C26H12Br2O2/c27-15-5-1-13-3-7-17-23(19(13)11-15)24-18(26-22(30)10-9-21(29)25(17)26)8-4-14-2-6-16(28)12-20(14)24/h1-12H. The van der Waals surface area contributed by atoms with Crippen molar-refractivity contribution in [2.24, 2.45) is 0 Å². The molecule has 0 saturated carbocycles. The van der Waals surface area contributed by atoms with Crippen LogP contribution in [0, 0.1) is 0 Å². The van der Waals surface area contributed by atoms with Crippen molar-refractivity contribution in [1.82, 2.24) is 0 Å². The van der Waals surface area contributed by atoms with E-state index in [1.807, 2.05) is 36.4 Å². The van der Waals surface area contributed by atoms with E-state index in [4.69, 9.17) is 0 Å². The summed E-state index contributed by atoms with van der Waals surface area (Å²) in [5.41, 5.74) is 1.00. The van der Waals surface area contributed by atoms with E-state index in [0.29, 0.717) is 11.1 Å². The third-order valence-corrected chi connectivity index (χ3v) is 6.87. The van der Waals surface area contributed by atoms with Crippen molar-refractivity contribution in [3.8, 4) is 0 Å². The topological polar surface area (TPSA) is 34.1 Å². The fourth-order valence-corrected chi connectivity index (χ4v) is 5.36. The lowest BCUT2D eigenvalue weighted by Crippen LogP contribution is -2.13. The molecule has 0 saturated heterocycles. The molecule has 2 nitrogen and oxygen atoms in total. The first kappa shape index (κ1) is 18.0. The first-order chi connectivity index (χ1) is 14.5. The molecule has 0 fully saturated rings. The molecule has 0 heterocycles. The van der Waals surface area contributed by atoms with Gasteiger partial charge < -0.3 is 0 Å². The van der Waals surface area contributed by atoms with Gasteiger partial charge in [-0.1, -0.05) is 68.3 Å². The van der Waals surface area contributed by atoms with E-state index in [0.717, 1.165) is 52.0 Å². The summed E-state index contributed by atoms with van der Waals surface area (Å²) in [6.45, 7) is 0. The zero-order valence-corrected chi connectivity index (χ0v) is 18.7. The largest absolute Gasteiger partial charge is 0.289 e. The van der Waals surface area contributed by atoms with Crippen LogP contribution < -0.4 is 0 Å². The molecule has 0 unspecified atom stereocenters. The summed E-state index contributed by atoms with van der Waals surface area (Å²) in [5.74, 6) is -0.250. The number of benzene rings is 5. The fourth-order valence-electron chi connectivity index (χ4n) is 4.64. The Morgan fingerprint density at radius 1 is 0.500 bits per heavy atom. The van der Waals surface area contributed by atoms with E-state index < -0.39 is 0 Å². The van der Waals surface area contributed by atoms with E-state index in [2.05, 4.69) is 56.1 Å². The number of fused-ring (bicyclic) bond motifs is 10. The number of ketones is 2. The minimum Gasteiger partial charge on any atom is -0.289 e. The van der Waals surface area contributed by atoms with Crippen LogP contribution in [-0.4, -0.2) is 11.6 Å². The Hall–Kier alpha value is -2.82. The molecule has 1 aliphatic rings. The maximum absolute atomic E-state index is 13.0. The molecular weight excluding hydrogens is 504 g/mol. The summed E-state index contributed by atoms with van der Waals surface area (Å²) in [5, 5.41) is 7.92. The molecule has 4 heteroatoms. The third-order valence-electron chi connectivity index (χ3n) is 5.88. The Morgan fingerprint density at radius 2 is 0.900 bits per heavy atom. The maximum Gasteiger partial charge on any atom is 0.187 e. The van der Waals surface area contributed by atoms with Crippen molar-refractivity contribution in [3.05, 3.63) is 92.9 Å². The summed E-state index contributed by atoms with van der Waals surface area (Å²) in [6, 6.07) is 20.3. The number of carbonyl (C=O) groups excluding carboxylic acids is 2. The lowest BCUT2D eigenvalue weighted by atomic mass is 9.82. The molecule has 0 aromatic heterocycles. The molecule has 5 aromatic rings. The van der Waals surface area contributed by atoms with Gasteiger partial charge in [0, 0.05) is 20.1 Å². The Balaban J connectivity index is 2.04. The van der Waals surface area contributed by atoms with E-state index in [1.165, 1.54) is 12.2 Å². The molecule has 0 atom stereocenters. The summed E-state index contributed by atoms with van der Waals surface area (Å²) >= 11 is 7.20. The van der Waals surface area contributed by atoms with Crippen molar-refractivity contribution in [3.63, 3.8) is 0 Å². The lowest BCUT2D eigenvalue weighted by molar-refractivity contribution is 0.0996. The van der Waals surface area contributed by atoms with Gasteiger partial charge in [-0.05, 0) is 79.5 Å². The highest BCUT2D eigenvalue weighted by atomic mass is 79.9. The van der Waals surface area contributed by atoms with Crippen molar-refractivity contribution < 1.29 is 9.59 Å². The summed E-state index contributed by atoms with van der Waals surface area (Å²) in [4.78, 5) is 25.9. The number of allylic oxidation sites excluding steroid dienone is 2. The minimum absolute atomic E-state index is 0.125. The summed E-state index contributed by atoms with van der Waals surface area (Å²) < 4.78 is 1.94. The van der Waals surface area contributed by atoms with Crippen molar-refractivity contribution in [2.45, 2.75) is 0 Å². The number of hydrogen-bond acceptors (Lipinski definition) is 2. The van der Waals surface area contributed by atoms with Gasteiger partial charge in [-0.15, -0.1) is 0 Å². The van der Waals surface area contributed by atoms with E-state index in [9.17, 15) is 9.59 Å². The molecule has 5 aromatic carbocycles. The Bertz CT molecular complexity index is 1520. The van der Waals surface area contributed by atoms with Crippen molar-refractivity contribution in [2.75, 3.05) is 0 Å². The third kappa shape index (κ3) is 2.41. The second-order valence-corrected chi connectivity index (χ2v) is 9.35. The van der Waals surface area contributed by atoms with Gasteiger partial charge >= 0.3 is 0 Å². The van der Waals surface area contributed by atoms with Crippen LogP contribution in [0.25, 0.3) is 43.1 Å². The van der Waals surface area contributed by atoms with E-state index in [1.54, 1.807) is 0 Å². The highest BCUT2D eigenvalue weighted by Crippen LogP contribution is 2.43. The van der Waals surface area contributed by atoms with Crippen LogP contribution in [0.5, 0.6) is 0 Å². The number of hydrogen-bond donors (Lipinski definition) is 0. The predicted octanol–water partition coefficient (Wildman–Crippen LogP) is 7.76. The van der Waals surface area contributed by atoms with E-state index in [-0.39, 0.29) is 11.6 Å². The van der Waals surface area contributed by atoms with Crippen LogP contribution >= 0.6 is 31.9 Å². The van der Waals surface area contributed by atoms with Gasteiger partial charge in [0.15, 0.2) is 11.6 Å². The van der Waals surface area contributed by atoms with E-state index >= 15 is 0 Å². The van der Waals surface area contributed by atoms with Crippen LogP contribution in [-0.2, 0) is 0 Å². The highest BCUT2D eigenvalue weighted by Gasteiger charge is 2.26. The normalized spacial score (nSPS) is 13.7. The van der Waals surface area contributed by atoms with Crippen molar-refractivity contribution >= 4 is 86.5 Å². The highest BCUT2D eigenvalue weighted by molar-refractivity contribution is 9.10. The SMILES string of the molecule is O=C1C=CC(=O)c2c1c1ccc3ccc(Br)cc3c1c1c2ccc2ccc(Br)cc21. The second kappa shape index (κ2) is 6.34. The predicted molar refractivity (Wildman–Crippen MR) is 130 cm³/mol. The van der Waals surface area contributed by atoms with Gasteiger partial charge in [0.25, 0.3) is 0 Å². The van der Waals surface area contributed by atoms with Crippen LogP contribution in [0.4, 0.5) is 0 Å². The van der Waals surface area contributed by atoms with Crippen LogP contribution in [0.3, 0.4) is 0 Å². The molecule has 0 aliphatic heterocycles. The minimum atomic E-state index is -0.125. The van der Waals surface area contributed by atoms with Crippen LogP contribution in [0.2, 0.25) is 0 Å². The number of halogens is 2. The van der Waals surface area contributed by atoms with Gasteiger partial charge in [-0.2, -0.15) is 0 Å². The van der Waals surface area contributed by atoms with Crippen LogP contribution in [0.1, 0.15) is 20.7 Å². The molecule has 30 heavy (non-hydrogen) atoms. The first-order valence-corrected chi connectivity index (χ1v) is 11.1. The molecule has 1 aliphatic carbocycles. The second-order valence-electron chi connectivity index (χ2n) is 7.52. The average molecular weight is 516 g/mol. The van der Waals surface area contributed by atoms with Gasteiger partial charge in [0.2, 0.25) is 0 Å². The summed E-state index contributed by atoms with van der Waals surface area (Å²) in [7, 11) is 0. The fraction of sp³-hybridized carbons (Fsp3) is 0. The maximum atomic E-state index is 13.0. The molecule has 0 radical (unpaired) electrons. The number of rotatable bonds is 0. The van der Waals surface area contributed by atoms with Crippen LogP contribution in [0.15, 0.2) is 81.8 Å². The van der Waals surface area contributed by atoms with Gasteiger partial charge in [-0.25, -0.2) is 0 Å².